The van der Waals surface area contributed by atoms with E-state index in [4.69, 9.17) is 0 Å². The van der Waals surface area contributed by atoms with E-state index < -0.39 is 0 Å². The minimum atomic E-state index is -0.351. The lowest BCUT2D eigenvalue weighted by atomic mass is 10.1. The minimum Gasteiger partial charge on any atom is -1.00 e. The van der Waals surface area contributed by atoms with Gasteiger partial charge in [0.15, 0.2) is 0 Å². The number of nitrogens with one attached hydrogen (secondary N) is 4. The van der Waals surface area contributed by atoms with Crippen LogP contribution in [0.3, 0.4) is 0 Å². The van der Waals surface area contributed by atoms with Crippen LogP contribution >= 0.6 is 31.9 Å². The number of hydrogen-bond donors (Lipinski definition) is 4. The van der Waals surface area contributed by atoms with Crippen LogP contribution in [0.1, 0.15) is 158 Å². The Kier molecular flexibility index (Phi) is 40.2. The number of urea groups is 2. The summed E-state index contributed by atoms with van der Waals surface area (Å²) in [7, 11) is 0. The standard InChI is InChI=1S/C20H16Br2N4O2.2C16H36N.2BrH/c21-13-1-5-15(6-2-13)23-19(27)25-17-9-11-18(12-10-17)26-20(28)24-16-7-3-14(22)4-8-16;2*1-5-9-13-17(14-10-6-2,15-11-7-3)16-12-8-4;;/h1-12H,(H2,23,25,27)(H2,24,26,28);2*5-16H2,1-4H3;2*1H/q;2*+1;;/p-2. The molecule has 3 rings (SSSR count). The molecule has 8 nitrogen and oxygen atoms in total. The Morgan fingerprint density at radius 3 is 0.656 bits per heavy atom. The average Bonchev–Trinajstić information content (AvgIpc) is 3.28. The summed E-state index contributed by atoms with van der Waals surface area (Å²) in [5.41, 5.74) is 2.58. The first kappa shape index (κ1) is 64.1. The normalized spacial score (nSPS) is 10.8. The number of hydrogen-bond acceptors (Lipinski definition) is 2. The topological polar surface area (TPSA) is 82.3 Å². The summed E-state index contributed by atoms with van der Waals surface area (Å²) in [6.07, 6.45) is 22.1. The first-order chi connectivity index (χ1) is 30.0. The van der Waals surface area contributed by atoms with Gasteiger partial charge in [0.2, 0.25) is 0 Å². The Hall–Kier alpha value is -1.96. The van der Waals surface area contributed by atoms with Gasteiger partial charge in [0.05, 0.1) is 52.4 Å². The third-order valence-electron chi connectivity index (χ3n) is 11.5. The molecule has 0 aliphatic carbocycles. The molecule has 0 aliphatic heterocycles. The van der Waals surface area contributed by atoms with Crippen molar-refractivity contribution in [3.8, 4) is 0 Å². The molecule has 4 amide bonds. The zero-order valence-corrected chi connectivity index (χ0v) is 47.5. The van der Waals surface area contributed by atoms with Crippen LogP contribution in [0.25, 0.3) is 0 Å². The van der Waals surface area contributed by atoms with E-state index in [9.17, 15) is 9.59 Å². The summed E-state index contributed by atoms with van der Waals surface area (Å²) < 4.78 is 4.71. The van der Waals surface area contributed by atoms with E-state index in [1.807, 2.05) is 24.3 Å². The molecule has 0 saturated carbocycles. The fourth-order valence-corrected chi connectivity index (χ4v) is 8.11. The Morgan fingerprint density at radius 1 is 0.344 bits per heavy atom. The van der Waals surface area contributed by atoms with E-state index in [2.05, 4.69) is 109 Å². The van der Waals surface area contributed by atoms with Gasteiger partial charge in [0.1, 0.15) is 0 Å². The Morgan fingerprint density at radius 2 is 0.500 bits per heavy atom. The van der Waals surface area contributed by atoms with E-state index in [-0.39, 0.29) is 46.0 Å². The molecule has 0 fully saturated rings. The summed E-state index contributed by atoms with van der Waals surface area (Å²) in [5.74, 6) is 0. The number of carbonyl (C=O) groups is 2. The lowest BCUT2D eigenvalue weighted by Gasteiger charge is -2.39. The number of nitrogens with zero attached hydrogens (tertiary/aromatic N) is 2. The predicted octanol–water partition coefficient (Wildman–Crippen LogP) is 10.5. The predicted molar refractivity (Wildman–Crippen MR) is 279 cm³/mol. The van der Waals surface area contributed by atoms with Crippen LogP contribution in [0.5, 0.6) is 0 Å². The summed E-state index contributed by atoms with van der Waals surface area (Å²) in [6.45, 7) is 30.0. The Labute approximate surface area is 429 Å². The lowest BCUT2D eigenvalue weighted by molar-refractivity contribution is -0.929. The first-order valence-corrected chi connectivity index (χ1v) is 26.0. The van der Waals surface area contributed by atoms with Crippen LogP contribution < -0.4 is 55.2 Å². The molecule has 0 atom stereocenters. The molecule has 0 bridgehead atoms. The number of amides is 4. The highest BCUT2D eigenvalue weighted by Gasteiger charge is 2.26. The molecule has 0 unspecified atom stereocenters. The van der Waals surface area contributed by atoms with Crippen molar-refractivity contribution in [2.24, 2.45) is 0 Å². The molecule has 0 aromatic heterocycles. The van der Waals surface area contributed by atoms with Crippen molar-refractivity contribution in [3.05, 3.63) is 81.7 Å². The molecular weight excluding hydrogens is 1060 g/mol. The van der Waals surface area contributed by atoms with Crippen LogP contribution in [-0.4, -0.2) is 73.4 Å². The lowest BCUT2D eigenvalue weighted by Crippen LogP contribution is -3.00. The number of halogens is 4. The largest absolute Gasteiger partial charge is 1.00 e. The summed E-state index contributed by atoms with van der Waals surface area (Å²) in [6, 6.07) is 20.7. The molecule has 4 N–H and O–H groups in total. The second-order valence-electron chi connectivity index (χ2n) is 17.0. The zero-order valence-electron chi connectivity index (χ0n) is 41.1. The SMILES string of the molecule is CCCC[N+](CCCC)(CCCC)CCCC.CCCC[N+](CCCC)(CCCC)CCCC.O=C(Nc1ccc(Br)cc1)Nc1ccc(NC(=O)Nc2ccc(Br)cc2)cc1.[Br-].[Br-]. The number of unbranched alkanes of at least 4 members (excludes halogenated alkanes) is 8. The van der Waals surface area contributed by atoms with Crippen LogP contribution in [0.4, 0.5) is 32.3 Å². The van der Waals surface area contributed by atoms with Gasteiger partial charge in [-0.1, -0.05) is 139 Å². The monoisotopic (exact) mass is 1140 g/mol. The number of quaternary nitrogens is 2. The average molecular weight is 1150 g/mol. The van der Waals surface area contributed by atoms with E-state index in [0.717, 1.165) is 8.95 Å². The highest BCUT2D eigenvalue weighted by molar-refractivity contribution is 9.10. The number of benzene rings is 3. The molecule has 3 aromatic rings. The van der Waals surface area contributed by atoms with Crippen LogP contribution in [0.15, 0.2) is 81.7 Å². The van der Waals surface area contributed by atoms with Crippen molar-refractivity contribution in [2.75, 3.05) is 73.6 Å². The van der Waals surface area contributed by atoms with Crippen molar-refractivity contribution in [2.45, 2.75) is 158 Å². The van der Waals surface area contributed by atoms with Crippen LogP contribution in [0.2, 0.25) is 0 Å². The summed E-state index contributed by atoms with van der Waals surface area (Å²) >= 11 is 6.69. The number of anilines is 4. The molecular formula is C52H88Br4N6O2. The molecule has 366 valence electrons. The van der Waals surface area contributed by atoms with Gasteiger partial charge < -0.3 is 64.2 Å². The van der Waals surface area contributed by atoms with E-state index >= 15 is 0 Å². The molecule has 0 heterocycles. The van der Waals surface area contributed by atoms with Crippen LogP contribution in [0, 0.1) is 0 Å². The third-order valence-corrected chi connectivity index (χ3v) is 12.6. The first-order valence-electron chi connectivity index (χ1n) is 24.4. The third kappa shape index (κ3) is 29.6. The maximum absolute atomic E-state index is 12.0. The van der Waals surface area contributed by atoms with Gasteiger partial charge in [0, 0.05) is 31.7 Å². The van der Waals surface area contributed by atoms with Gasteiger partial charge in [0.25, 0.3) is 0 Å². The van der Waals surface area contributed by atoms with Crippen LogP contribution in [-0.2, 0) is 0 Å². The van der Waals surface area contributed by atoms with Gasteiger partial charge in [-0.15, -0.1) is 0 Å². The molecule has 3 aromatic carbocycles. The zero-order chi connectivity index (χ0) is 45.9. The van der Waals surface area contributed by atoms with Gasteiger partial charge >= 0.3 is 12.1 Å². The summed E-state index contributed by atoms with van der Waals surface area (Å²) in [5, 5.41) is 11.0. The van der Waals surface area contributed by atoms with Gasteiger partial charge in [-0.3, -0.25) is 0 Å². The molecule has 64 heavy (non-hydrogen) atoms. The highest BCUT2D eigenvalue weighted by Crippen LogP contribution is 2.20. The number of rotatable bonds is 28. The van der Waals surface area contributed by atoms with Crippen molar-refractivity contribution in [1.29, 1.82) is 0 Å². The Balaban J connectivity index is 0. The Bertz CT molecular complexity index is 1370. The highest BCUT2D eigenvalue weighted by atomic mass is 79.9. The molecule has 0 aliphatic rings. The van der Waals surface area contributed by atoms with Crippen molar-refractivity contribution >= 4 is 66.7 Å². The molecule has 0 saturated heterocycles. The van der Waals surface area contributed by atoms with E-state index in [1.165, 1.54) is 164 Å². The maximum Gasteiger partial charge on any atom is 0.323 e. The van der Waals surface area contributed by atoms with Crippen molar-refractivity contribution < 1.29 is 52.5 Å². The quantitative estimate of drug-likeness (QED) is 0.0547. The molecule has 0 spiro atoms. The van der Waals surface area contributed by atoms with Gasteiger partial charge in [-0.2, -0.15) is 0 Å². The van der Waals surface area contributed by atoms with E-state index in [0.29, 0.717) is 22.7 Å². The molecule has 12 heteroatoms. The fourth-order valence-electron chi connectivity index (χ4n) is 7.58. The second kappa shape index (κ2) is 40.1. The molecule has 0 radical (unpaired) electrons. The smallest absolute Gasteiger partial charge is 0.323 e. The second-order valence-corrected chi connectivity index (χ2v) is 18.9. The van der Waals surface area contributed by atoms with Gasteiger partial charge in [-0.05, 0) is 124 Å². The maximum atomic E-state index is 12.0. The van der Waals surface area contributed by atoms with E-state index in [1.54, 1.807) is 48.5 Å². The fraction of sp³-hybridized carbons (Fsp3) is 0.615. The number of carbonyl (C=O) groups excluding carboxylic acids is 2. The minimum absolute atomic E-state index is 0. The summed E-state index contributed by atoms with van der Waals surface area (Å²) in [4.78, 5) is 24.1. The van der Waals surface area contributed by atoms with Crippen molar-refractivity contribution in [3.63, 3.8) is 0 Å². The van der Waals surface area contributed by atoms with Gasteiger partial charge in [-0.25, -0.2) is 9.59 Å². The van der Waals surface area contributed by atoms with Crippen molar-refractivity contribution in [1.82, 2.24) is 0 Å².